The van der Waals surface area contributed by atoms with Gasteiger partial charge in [-0.1, -0.05) is 96.1 Å². The molecule has 0 bridgehead atoms. The molecule has 0 heterocycles. The van der Waals surface area contributed by atoms with E-state index < -0.39 is 0 Å². The average molecular weight is 335 g/mol. The van der Waals surface area contributed by atoms with Gasteiger partial charge in [0.2, 0.25) is 0 Å². The van der Waals surface area contributed by atoms with Crippen molar-refractivity contribution in [2.75, 3.05) is 7.11 Å². The van der Waals surface area contributed by atoms with Crippen molar-refractivity contribution in [1.82, 2.24) is 0 Å². The third-order valence-electron chi connectivity index (χ3n) is 4.83. The topological polar surface area (TPSA) is 29.5 Å². The zero-order valence-electron chi connectivity index (χ0n) is 16.0. The van der Waals surface area contributed by atoms with Gasteiger partial charge < -0.3 is 9.84 Å². The number of unbranched alkanes of at least 4 members (excludes halogenated alkanes) is 12. The van der Waals surface area contributed by atoms with Crippen LogP contribution in [0, 0.1) is 0 Å². The van der Waals surface area contributed by atoms with Gasteiger partial charge >= 0.3 is 0 Å². The van der Waals surface area contributed by atoms with Gasteiger partial charge in [-0.3, -0.25) is 0 Å². The molecule has 1 rings (SSSR count). The third-order valence-corrected chi connectivity index (χ3v) is 4.83. The fourth-order valence-corrected chi connectivity index (χ4v) is 3.34. The van der Waals surface area contributed by atoms with E-state index in [1.807, 2.05) is 6.07 Å². The number of phenols is 1. The molecule has 0 saturated carbocycles. The van der Waals surface area contributed by atoms with E-state index in [0.717, 1.165) is 12.0 Å². The van der Waals surface area contributed by atoms with Crippen molar-refractivity contribution in [3.05, 3.63) is 23.8 Å². The van der Waals surface area contributed by atoms with Crippen LogP contribution in [-0.2, 0) is 6.42 Å². The number of methoxy groups -OCH3 is 1. The Hall–Kier alpha value is -1.18. The smallest absolute Gasteiger partial charge is 0.163 e. The van der Waals surface area contributed by atoms with Gasteiger partial charge in [-0.05, 0) is 24.5 Å². The van der Waals surface area contributed by atoms with Crippen LogP contribution in [0.5, 0.6) is 11.5 Å². The van der Waals surface area contributed by atoms with Crippen molar-refractivity contribution in [3.8, 4) is 11.5 Å². The molecule has 138 valence electrons. The van der Waals surface area contributed by atoms with E-state index in [4.69, 9.17) is 4.74 Å². The van der Waals surface area contributed by atoms with Crippen LogP contribution in [0.1, 0.15) is 96.0 Å². The summed E-state index contributed by atoms with van der Waals surface area (Å²) in [6.07, 6.45) is 18.9. The van der Waals surface area contributed by atoms with Gasteiger partial charge in [-0.25, -0.2) is 0 Å². The minimum absolute atomic E-state index is 0.254. The molecular weight excluding hydrogens is 296 g/mol. The van der Waals surface area contributed by atoms with Crippen molar-refractivity contribution in [1.29, 1.82) is 0 Å². The third kappa shape index (κ3) is 9.20. The molecular formula is C22H38O2. The van der Waals surface area contributed by atoms with E-state index in [1.165, 1.54) is 83.5 Å². The number of aryl methyl sites for hydroxylation is 1. The van der Waals surface area contributed by atoms with Crippen LogP contribution >= 0.6 is 0 Å². The molecule has 2 nitrogen and oxygen atoms in total. The van der Waals surface area contributed by atoms with Crippen molar-refractivity contribution in [2.45, 2.75) is 96.8 Å². The first-order valence-corrected chi connectivity index (χ1v) is 10.1. The SMILES string of the molecule is CCCCCCCCCCCCCCCc1cccc(O)c1OC. The summed E-state index contributed by atoms with van der Waals surface area (Å²) in [6.45, 7) is 2.28. The highest BCUT2D eigenvalue weighted by molar-refractivity contribution is 5.45. The summed E-state index contributed by atoms with van der Waals surface area (Å²) in [5.74, 6) is 0.904. The Kier molecular flexibility index (Phi) is 12.3. The minimum Gasteiger partial charge on any atom is -0.504 e. The first-order valence-electron chi connectivity index (χ1n) is 10.1. The molecule has 0 aromatic heterocycles. The molecule has 24 heavy (non-hydrogen) atoms. The molecule has 2 heteroatoms. The normalized spacial score (nSPS) is 10.9. The molecule has 0 radical (unpaired) electrons. The molecule has 0 spiro atoms. The van der Waals surface area contributed by atoms with Crippen LogP contribution < -0.4 is 4.74 Å². The molecule has 0 aliphatic rings. The van der Waals surface area contributed by atoms with Crippen molar-refractivity contribution < 1.29 is 9.84 Å². The number of hydrogen-bond donors (Lipinski definition) is 1. The van der Waals surface area contributed by atoms with E-state index in [-0.39, 0.29) is 5.75 Å². The summed E-state index contributed by atoms with van der Waals surface area (Å²) in [7, 11) is 1.63. The summed E-state index contributed by atoms with van der Waals surface area (Å²) in [5.41, 5.74) is 1.13. The Labute approximate surface area is 149 Å². The second-order valence-electron chi connectivity index (χ2n) is 6.96. The lowest BCUT2D eigenvalue weighted by atomic mass is 10.0. The zero-order chi connectivity index (χ0) is 17.5. The van der Waals surface area contributed by atoms with Crippen LogP contribution in [0.2, 0.25) is 0 Å². The number of rotatable bonds is 15. The Balaban J connectivity index is 1.93. The molecule has 1 aromatic rings. The first-order chi connectivity index (χ1) is 11.8. The fourth-order valence-electron chi connectivity index (χ4n) is 3.34. The highest BCUT2D eigenvalue weighted by Gasteiger charge is 2.07. The molecule has 0 aliphatic heterocycles. The largest absolute Gasteiger partial charge is 0.504 e. The van der Waals surface area contributed by atoms with E-state index in [9.17, 15) is 5.11 Å². The van der Waals surface area contributed by atoms with E-state index in [2.05, 4.69) is 13.0 Å². The van der Waals surface area contributed by atoms with Gasteiger partial charge in [-0.15, -0.1) is 0 Å². The molecule has 0 unspecified atom stereocenters. The van der Waals surface area contributed by atoms with Crippen LogP contribution in [0.3, 0.4) is 0 Å². The maximum absolute atomic E-state index is 9.77. The lowest BCUT2D eigenvalue weighted by molar-refractivity contribution is 0.368. The molecule has 0 aliphatic carbocycles. The highest BCUT2D eigenvalue weighted by Crippen LogP contribution is 2.30. The van der Waals surface area contributed by atoms with Gasteiger partial charge in [0.1, 0.15) is 0 Å². The fraction of sp³-hybridized carbons (Fsp3) is 0.727. The standard InChI is InChI=1S/C22H38O2/c1-3-4-5-6-7-8-9-10-11-12-13-14-15-17-20-18-16-19-21(23)22(20)24-2/h16,18-19,23H,3-15,17H2,1-2H3. The van der Waals surface area contributed by atoms with Crippen molar-refractivity contribution in [2.24, 2.45) is 0 Å². The predicted octanol–water partition coefficient (Wildman–Crippen LogP) is 7.03. The van der Waals surface area contributed by atoms with Crippen molar-refractivity contribution in [3.63, 3.8) is 0 Å². The maximum atomic E-state index is 9.77. The molecule has 0 atom stereocenters. The number of para-hydroxylation sites is 1. The van der Waals surface area contributed by atoms with Crippen LogP contribution in [-0.4, -0.2) is 12.2 Å². The molecule has 1 aromatic carbocycles. The second-order valence-corrected chi connectivity index (χ2v) is 6.96. The summed E-state index contributed by atoms with van der Waals surface area (Å²) < 4.78 is 5.29. The van der Waals surface area contributed by atoms with Gasteiger partial charge in [0.25, 0.3) is 0 Å². The number of aromatic hydroxyl groups is 1. The van der Waals surface area contributed by atoms with Crippen LogP contribution in [0.15, 0.2) is 18.2 Å². The lowest BCUT2D eigenvalue weighted by Crippen LogP contribution is -1.93. The lowest BCUT2D eigenvalue weighted by Gasteiger charge is -2.09. The molecule has 1 N–H and O–H groups in total. The summed E-state index contributed by atoms with van der Waals surface area (Å²) >= 11 is 0. The van der Waals surface area contributed by atoms with Gasteiger partial charge in [0.05, 0.1) is 7.11 Å². The number of ether oxygens (including phenoxy) is 1. The Bertz CT molecular complexity index is 414. The van der Waals surface area contributed by atoms with E-state index in [0.29, 0.717) is 5.75 Å². The van der Waals surface area contributed by atoms with E-state index >= 15 is 0 Å². The van der Waals surface area contributed by atoms with Gasteiger partial charge in [0.15, 0.2) is 11.5 Å². The second kappa shape index (κ2) is 14.2. The minimum atomic E-state index is 0.254. The first kappa shape index (κ1) is 20.9. The van der Waals surface area contributed by atoms with E-state index in [1.54, 1.807) is 13.2 Å². The number of benzene rings is 1. The van der Waals surface area contributed by atoms with Crippen LogP contribution in [0.25, 0.3) is 0 Å². The van der Waals surface area contributed by atoms with Gasteiger partial charge in [0, 0.05) is 0 Å². The molecule has 0 fully saturated rings. The summed E-state index contributed by atoms with van der Waals surface area (Å²) in [5, 5.41) is 9.77. The summed E-state index contributed by atoms with van der Waals surface area (Å²) in [4.78, 5) is 0. The average Bonchev–Trinajstić information content (AvgIpc) is 2.59. The Morgan fingerprint density at radius 1 is 0.750 bits per heavy atom. The number of phenolic OH excluding ortho intramolecular Hbond substituents is 1. The maximum Gasteiger partial charge on any atom is 0.163 e. The molecule has 0 amide bonds. The quantitative estimate of drug-likeness (QED) is 0.349. The van der Waals surface area contributed by atoms with Gasteiger partial charge in [-0.2, -0.15) is 0 Å². The zero-order valence-corrected chi connectivity index (χ0v) is 16.0. The predicted molar refractivity (Wildman–Crippen MR) is 104 cm³/mol. The Morgan fingerprint density at radius 2 is 1.25 bits per heavy atom. The monoisotopic (exact) mass is 334 g/mol. The Morgan fingerprint density at radius 3 is 1.75 bits per heavy atom. The summed E-state index contributed by atoms with van der Waals surface area (Å²) in [6, 6.07) is 5.64. The number of hydrogen-bond acceptors (Lipinski definition) is 2. The van der Waals surface area contributed by atoms with Crippen molar-refractivity contribution >= 4 is 0 Å². The van der Waals surface area contributed by atoms with Crippen LogP contribution in [0.4, 0.5) is 0 Å². The molecule has 0 saturated heterocycles. The highest BCUT2D eigenvalue weighted by atomic mass is 16.5.